The summed E-state index contributed by atoms with van der Waals surface area (Å²) in [7, 11) is 0. The fourth-order valence-corrected chi connectivity index (χ4v) is 4.59. The van der Waals surface area contributed by atoms with Gasteiger partial charge in [-0.15, -0.1) is 0 Å². The smallest absolute Gasteiger partial charge is 0.265 e. The van der Waals surface area contributed by atoms with Gasteiger partial charge in [0.25, 0.3) is 11.8 Å². The van der Waals surface area contributed by atoms with Gasteiger partial charge in [0, 0.05) is 40.7 Å². The minimum absolute atomic E-state index is 0.242. The van der Waals surface area contributed by atoms with Crippen molar-refractivity contribution in [2.24, 2.45) is 0 Å². The first-order valence-electron chi connectivity index (χ1n) is 9.83. The zero-order chi connectivity index (χ0) is 19.4. The van der Waals surface area contributed by atoms with Crippen LogP contribution < -0.4 is 9.80 Å². The number of imide groups is 1. The van der Waals surface area contributed by atoms with Crippen LogP contribution in [0.3, 0.4) is 0 Å². The molecule has 0 aliphatic carbocycles. The Morgan fingerprint density at radius 1 is 0.786 bits per heavy atom. The maximum absolute atomic E-state index is 13.4. The number of rotatable bonds is 2. The van der Waals surface area contributed by atoms with Gasteiger partial charge in [0.1, 0.15) is 0 Å². The van der Waals surface area contributed by atoms with Crippen LogP contribution in [0.15, 0.2) is 48.5 Å². The van der Waals surface area contributed by atoms with E-state index in [4.69, 9.17) is 0 Å². The summed E-state index contributed by atoms with van der Waals surface area (Å²) >= 11 is 0. The molecule has 1 fully saturated rings. The summed E-state index contributed by atoms with van der Waals surface area (Å²) in [6.45, 7) is 5.99. The molecule has 1 saturated heterocycles. The highest BCUT2D eigenvalue weighted by atomic mass is 16.2. The Morgan fingerprint density at radius 3 is 2.18 bits per heavy atom. The highest BCUT2D eigenvalue weighted by Crippen LogP contribution is 2.38. The monoisotopic (exact) mass is 370 g/mol. The molecule has 4 heteroatoms. The topological polar surface area (TPSA) is 40.6 Å². The van der Waals surface area contributed by atoms with Crippen LogP contribution in [0.2, 0.25) is 0 Å². The molecule has 0 N–H and O–H groups in total. The molecule has 28 heavy (non-hydrogen) atoms. The summed E-state index contributed by atoms with van der Waals surface area (Å²) in [6, 6.07) is 15.5. The first-order chi connectivity index (χ1) is 13.6. The Balaban J connectivity index is 1.71. The van der Waals surface area contributed by atoms with Gasteiger partial charge in [-0.2, -0.15) is 0 Å². The molecule has 3 aromatic carbocycles. The van der Waals surface area contributed by atoms with E-state index in [2.05, 4.69) is 4.90 Å². The Labute approximate surface area is 164 Å². The standard InChI is InChI=1S/C24H22N2O2/c1-15-8-10-20(16(2)14-15)26-23(27)18-7-5-6-17-21(25-12-3-4-13-25)11-9-19(22(17)18)24(26)28/h5-11,14H,3-4,12-13H2,1-2H3. The molecule has 2 aliphatic heterocycles. The first-order valence-corrected chi connectivity index (χ1v) is 9.83. The molecule has 0 aromatic heterocycles. The van der Waals surface area contributed by atoms with Gasteiger partial charge in [-0.3, -0.25) is 9.59 Å². The van der Waals surface area contributed by atoms with Crippen molar-refractivity contribution in [1.29, 1.82) is 0 Å². The Bertz CT molecular complexity index is 1120. The average Bonchev–Trinajstić information content (AvgIpc) is 3.22. The summed E-state index contributed by atoms with van der Waals surface area (Å²) in [5, 5.41) is 1.79. The Morgan fingerprint density at radius 2 is 1.46 bits per heavy atom. The quantitative estimate of drug-likeness (QED) is 0.605. The minimum atomic E-state index is -0.242. The van der Waals surface area contributed by atoms with Crippen LogP contribution in [0.4, 0.5) is 11.4 Å². The van der Waals surface area contributed by atoms with Crippen molar-refractivity contribution in [3.8, 4) is 0 Å². The lowest BCUT2D eigenvalue weighted by atomic mass is 9.92. The second-order valence-electron chi connectivity index (χ2n) is 7.79. The number of carbonyl (C=O) groups is 2. The molecule has 0 saturated carbocycles. The number of amides is 2. The SMILES string of the molecule is Cc1ccc(N2C(=O)c3cccc4c(N5CCCC5)ccc(c34)C2=O)c(C)c1. The number of anilines is 2. The Hall–Kier alpha value is -3.14. The van der Waals surface area contributed by atoms with Gasteiger partial charge >= 0.3 is 0 Å². The molecule has 3 aromatic rings. The van der Waals surface area contributed by atoms with E-state index in [9.17, 15) is 9.59 Å². The molecule has 0 spiro atoms. The molecular weight excluding hydrogens is 348 g/mol. The van der Waals surface area contributed by atoms with Crippen molar-refractivity contribution in [3.63, 3.8) is 0 Å². The molecule has 2 amide bonds. The molecule has 4 nitrogen and oxygen atoms in total. The van der Waals surface area contributed by atoms with Gasteiger partial charge in [0.15, 0.2) is 0 Å². The van der Waals surface area contributed by atoms with E-state index in [-0.39, 0.29) is 11.8 Å². The lowest BCUT2D eigenvalue weighted by Gasteiger charge is -2.30. The van der Waals surface area contributed by atoms with Crippen LogP contribution in [-0.2, 0) is 0 Å². The molecule has 0 radical (unpaired) electrons. The molecule has 0 atom stereocenters. The van der Waals surface area contributed by atoms with Gasteiger partial charge in [-0.25, -0.2) is 4.90 Å². The predicted octanol–water partition coefficient (Wildman–Crippen LogP) is 4.86. The van der Waals surface area contributed by atoms with E-state index < -0.39 is 0 Å². The van der Waals surface area contributed by atoms with Gasteiger partial charge in [0.05, 0.1) is 5.69 Å². The minimum Gasteiger partial charge on any atom is -0.371 e. The van der Waals surface area contributed by atoms with E-state index in [0.29, 0.717) is 16.8 Å². The maximum atomic E-state index is 13.4. The zero-order valence-corrected chi connectivity index (χ0v) is 16.2. The number of aryl methyl sites for hydroxylation is 2. The zero-order valence-electron chi connectivity index (χ0n) is 16.2. The van der Waals surface area contributed by atoms with Crippen molar-refractivity contribution >= 4 is 34.0 Å². The van der Waals surface area contributed by atoms with Gasteiger partial charge in [0.2, 0.25) is 0 Å². The number of hydrogen-bond acceptors (Lipinski definition) is 3. The van der Waals surface area contributed by atoms with Crippen LogP contribution in [0.5, 0.6) is 0 Å². The molecular formula is C24H22N2O2. The normalized spacial score (nSPS) is 16.4. The summed E-state index contributed by atoms with van der Waals surface area (Å²) in [5.74, 6) is -0.484. The van der Waals surface area contributed by atoms with Crippen molar-refractivity contribution in [3.05, 3.63) is 70.8 Å². The van der Waals surface area contributed by atoms with E-state index in [1.165, 1.54) is 17.7 Å². The third-order valence-electron chi connectivity index (χ3n) is 5.92. The van der Waals surface area contributed by atoms with E-state index in [1.54, 1.807) is 0 Å². The summed E-state index contributed by atoms with van der Waals surface area (Å²) < 4.78 is 0. The second-order valence-corrected chi connectivity index (χ2v) is 7.79. The van der Waals surface area contributed by atoms with Crippen LogP contribution in [0.1, 0.15) is 44.7 Å². The van der Waals surface area contributed by atoms with Crippen LogP contribution in [-0.4, -0.2) is 24.9 Å². The lowest BCUT2D eigenvalue weighted by molar-refractivity contribution is 0.0893. The fourth-order valence-electron chi connectivity index (χ4n) is 4.59. The summed E-state index contributed by atoms with van der Waals surface area (Å²) in [4.78, 5) is 30.4. The average molecular weight is 370 g/mol. The van der Waals surface area contributed by atoms with Crippen molar-refractivity contribution in [2.45, 2.75) is 26.7 Å². The lowest BCUT2D eigenvalue weighted by Crippen LogP contribution is -2.41. The Kier molecular flexibility index (Phi) is 3.76. The highest BCUT2D eigenvalue weighted by Gasteiger charge is 2.35. The number of hydrogen-bond donors (Lipinski definition) is 0. The molecule has 0 unspecified atom stereocenters. The summed E-state index contributed by atoms with van der Waals surface area (Å²) in [5.41, 5.74) is 5.02. The first kappa shape index (κ1) is 17.0. The van der Waals surface area contributed by atoms with Crippen molar-refractivity contribution in [1.82, 2.24) is 0 Å². The largest absolute Gasteiger partial charge is 0.371 e. The van der Waals surface area contributed by atoms with Crippen LogP contribution in [0.25, 0.3) is 10.8 Å². The third-order valence-corrected chi connectivity index (χ3v) is 5.92. The molecule has 5 rings (SSSR count). The van der Waals surface area contributed by atoms with Gasteiger partial charge in [-0.1, -0.05) is 29.8 Å². The van der Waals surface area contributed by atoms with Crippen molar-refractivity contribution in [2.75, 3.05) is 22.9 Å². The predicted molar refractivity (Wildman–Crippen MR) is 112 cm³/mol. The second kappa shape index (κ2) is 6.20. The molecule has 140 valence electrons. The number of nitrogens with zero attached hydrogens (tertiary/aromatic N) is 2. The van der Waals surface area contributed by atoms with Crippen LogP contribution >= 0.6 is 0 Å². The molecule has 2 heterocycles. The number of carbonyl (C=O) groups excluding carboxylic acids is 2. The van der Waals surface area contributed by atoms with E-state index in [1.807, 2.05) is 62.4 Å². The maximum Gasteiger partial charge on any atom is 0.265 e. The highest BCUT2D eigenvalue weighted by molar-refractivity contribution is 6.36. The fraction of sp³-hybridized carbons (Fsp3) is 0.250. The van der Waals surface area contributed by atoms with E-state index >= 15 is 0 Å². The van der Waals surface area contributed by atoms with Gasteiger partial charge < -0.3 is 4.90 Å². The van der Waals surface area contributed by atoms with Crippen molar-refractivity contribution < 1.29 is 9.59 Å². The number of benzene rings is 3. The van der Waals surface area contributed by atoms with Gasteiger partial charge in [-0.05, 0) is 56.5 Å². The molecule has 0 bridgehead atoms. The van der Waals surface area contributed by atoms with E-state index in [0.717, 1.165) is 40.7 Å². The molecule has 2 aliphatic rings. The third kappa shape index (κ3) is 2.37. The summed E-state index contributed by atoms with van der Waals surface area (Å²) in [6.07, 6.45) is 2.36. The van der Waals surface area contributed by atoms with Crippen LogP contribution in [0, 0.1) is 13.8 Å².